The van der Waals surface area contributed by atoms with Crippen LogP contribution in [-0.2, 0) is 4.79 Å². The van der Waals surface area contributed by atoms with Crippen LogP contribution in [0.15, 0.2) is 67.1 Å². The highest BCUT2D eigenvalue weighted by molar-refractivity contribution is 6.01. The summed E-state index contributed by atoms with van der Waals surface area (Å²) in [5.41, 5.74) is 8.89. The largest absolute Gasteiger partial charge is 0.457 e. The van der Waals surface area contributed by atoms with Gasteiger partial charge in [-0.1, -0.05) is 30.3 Å². The first-order valence-corrected chi connectivity index (χ1v) is 9.15. The van der Waals surface area contributed by atoms with Crippen LogP contribution in [0.2, 0.25) is 0 Å². The molecule has 1 aliphatic carbocycles. The Bertz CT molecular complexity index is 1160. The van der Waals surface area contributed by atoms with Gasteiger partial charge in [0.05, 0.1) is 5.39 Å². The molecule has 2 aromatic carbocycles. The lowest BCUT2D eigenvalue weighted by molar-refractivity contribution is -0.126. The number of carbonyl (C=O) groups excluding carboxylic acids is 1. The van der Waals surface area contributed by atoms with Crippen LogP contribution in [0.1, 0.15) is 18.9 Å². The van der Waals surface area contributed by atoms with Crippen LogP contribution in [0.25, 0.3) is 22.2 Å². The van der Waals surface area contributed by atoms with E-state index in [1.54, 1.807) is 0 Å². The van der Waals surface area contributed by atoms with E-state index in [9.17, 15) is 4.79 Å². The van der Waals surface area contributed by atoms with E-state index < -0.39 is 0 Å². The molecule has 5 rings (SSSR count). The van der Waals surface area contributed by atoms with Crippen LogP contribution in [0, 0.1) is 0 Å². The normalized spacial score (nSPS) is 14.2. The lowest BCUT2D eigenvalue weighted by Gasteiger charge is -2.26. The molecule has 0 amide bonds. The van der Waals surface area contributed by atoms with Gasteiger partial charge >= 0.3 is 0 Å². The summed E-state index contributed by atoms with van der Waals surface area (Å²) in [5, 5.41) is 0.818. The second kappa shape index (κ2) is 6.49. The van der Waals surface area contributed by atoms with E-state index in [1.165, 1.54) is 6.33 Å². The maximum absolute atomic E-state index is 11.5. The van der Waals surface area contributed by atoms with Crippen molar-refractivity contribution < 1.29 is 9.53 Å². The zero-order chi connectivity index (χ0) is 19.1. The number of nitrogen functional groups attached to an aromatic ring is 1. The number of hydrogen-bond acceptors (Lipinski definition) is 5. The highest BCUT2D eigenvalue weighted by Crippen LogP contribution is 2.39. The molecule has 0 spiro atoms. The molecule has 138 valence electrons. The summed E-state index contributed by atoms with van der Waals surface area (Å²) in [5.74, 6) is 2.26. The van der Waals surface area contributed by atoms with Crippen LogP contribution in [0.5, 0.6) is 11.5 Å². The van der Waals surface area contributed by atoms with Gasteiger partial charge in [0.1, 0.15) is 35.1 Å². The average molecular weight is 370 g/mol. The highest BCUT2D eigenvalue weighted by atomic mass is 16.5. The Morgan fingerprint density at radius 3 is 2.39 bits per heavy atom. The number of ether oxygens (including phenoxy) is 1. The molecule has 0 atom stereocenters. The number of carbonyl (C=O) groups is 1. The number of anilines is 1. The number of para-hydroxylation sites is 1. The van der Waals surface area contributed by atoms with Gasteiger partial charge in [-0.25, -0.2) is 9.97 Å². The number of nitrogens with zero attached hydrogens (tertiary/aromatic N) is 3. The van der Waals surface area contributed by atoms with Crippen molar-refractivity contribution >= 4 is 22.6 Å². The second-order valence-corrected chi connectivity index (χ2v) is 6.95. The second-order valence-electron chi connectivity index (χ2n) is 6.95. The van der Waals surface area contributed by atoms with Crippen molar-refractivity contribution in [2.24, 2.45) is 0 Å². The van der Waals surface area contributed by atoms with E-state index >= 15 is 0 Å². The lowest BCUT2D eigenvalue weighted by Crippen LogP contribution is -2.26. The van der Waals surface area contributed by atoms with Crippen molar-refractivity contribution in [3.05, 3.63) is 67.1 Å². The molecule has 0 unspecified atom stereocenters. The third kappa shape index (κ3) is 2.79. The first kappa shape index (κ1) is 16.5. The number of ketones is 1. The van der Waals surface area contributed by atoms with Gasteiger partial charge in [0.25, 0.3) is 0 Å². The quantitative estimate of drug-likeness (QED) is 0.576. The van der Waals surface area contributed by atoms with Crippen molar-refractivity contribution in [2.75, 3.05) is 5.73 Å². The Hall–Kier alpha value is -3.67. The van der Waals surface area contributed by atoms with Gasteiger partial charge in [0.2, 0.25) is 0 Å². The maximum Gasteiger partial charge on any atom is 0.146 e. The van der Waals surface area contributed by atoms with Gasteiger partial charge in [-0.3, -0.25) is 4.79 Å². The molecule has 1 fully saturated rings. The van der Waals surface area contributed by atoms with Gasteiger partial charge < -0.3 is 15.0 Å². The van der Waals surface area contributed by atoms with Gasteiger partial charge in [0, 0.05) is 30.6 Å². The molecule has 2 N–H and O–H groups in total. The molecule has 0 saturated heterocycles. The van der Waals surface area contributed by atoms with E-state index in [2.05, 4.69) is 14.5 Å². The summed E-state index contributed by atoms with van der Waals surface area (Å²) in [6.07, 6.45) is 4.57. The average Bonchev–Trinajstić information content (AvgIpc) is 3.07. The molecular formula is C22H18N4O2. The van der Waals surface area contributed by atoms with E-state index in [0.717, 1.165) is 33.7 Å². The monoisotopic (exact) mass is 370 g/mol. The van der Waals surface area contributed by atoms with Gasteiger partial charge in [-0.2, -0.15) is 0 Å². The zero-order valence-electron chi connectivity index (χ0n) is 15.1. The first-order valence-electron chi connectivity index (χ1n) is 9.15. The molecular weight excluding hydrogens is 352 g/mol. The summed E-state index contributed by atoms with van der Waals surface area (Å²) >= 11 is 0. The number of hydrogen-bond donors (Lipinski definition) is 1. The topological polar surface area (TPSA) is 83.0 Å². The maximum atomic E-state index is 11.5. The first-order chi connectivity index (χ1) is 13.7. The highest BCUT2D eigenvalue weighted by Gasteiger charge is 2.30. The summed E-state index contributed by atoms with van der Waals surface area (Å²) in [6, 6.07) is 17.6. The van der Waals surface area contributed by atoms with Crippen molar-refractivity contribution in [1.29, 1.82) is 0 Å². The van der Waals surface area contributed by atoms with Crippen LogP contribution in [-0.4, -0.2) is 20.3 Å². The van der Waals surface area contributed by atoms with Crippen molar-refractivity contribution in [1.82, 2.24) is 14.5 Å². The smallest absolute Gasteiger partial charge is 0.146 e. The van der Waals surface area contributed by atoms with Gasteiger partial charge in [-0.15, -0.1) is 0 Å². The van der Waals surface area contributed by atoms with Gasteiger partial charge in [-0.05, 0) is 29.8 Å². The number of rotatable bonds is 4. The molecule has 6 heteroatoms. The fraction of sp³-hybridized carbons (Fsp3) is 0.136. The van der Waals surface area contributed by atoms with Crippen molar-refractivity contribution in [2.45, 2.75) is 18.9 Å². The Morgan fingerprint density at radius 2 is 1.68 bits per heavy atom. The summed E-state index contributed by atoms with van der Waals surface area (Å²) in [4.78, 5) is 20.1. The number of benzene rings is 2. The van der Waals surface area contributed by atoms with Crippen LogP contribution < -0.4 is 10.5 Å². The third-order valence-electron chi connectivity index (χ3n) is 5.10. The Kier molecular flexibility index (Phi) is 3.83. The van der Waals surface area contributed by atoms with Crippen LogP contribution >= 0.6 is 0 Å². The molecule has 0 radical (unpaired) electrons. The van der Waals surface area contributed by atoms with E-state index in [-0.39, 0.29) is 11.8 Å². The number of fused-ring (bicyclic) bond motifs is 1. The molecule has 4 aromatic rings. The van der Waals surface area contributed by atoms with Crippen LogP contribution in [0.3, 0.4) is 0 Å². The Morgan fingerprint density at radius 1 is 0.964 bits per heavy atom. The van der Waals surface area contributed by atoms with Crippen molar-refractivity contribution in [3.63, 3.8) is 0 Å². The molecule has 1 aliphatic rings. The predicted molar refractivity (Wildman–Crippen MR) is 107 cm³/mol. The van der Waals surface area contributed by atoms with E-state index in [4.69, 9.17) is 10.5 Å². The number of nitrogens with two attached hydrogens (primary N) is 1. The molecule has 0 aliphatic heterocycles. The summed E-state index contributed by atoms with van der Waals surface area (Å²) < 4.78 is 7.92. The molecule has 0 bridgehead atoms. The molecule has 6 nitrogen and oxygen atoms in total. The SMILES string of the molecule is Nc1ncnc2c1c(-c1ccc(Oc3ccccc3)cc1)cn2C1CC(=O)C1. The summed E-state index contributed by atoms with van der Waals surface area (Å²) in [6.45, 7) is 0. The lowest BCUT2D eigenvalue weighted by atomic mass is 9.91. The predicted octanol–water partition coefficient (Wildman–Crippen LogP) is 4.38. The fourth-order valence-corrected chi connectivity index (χ4v) is 3.60. The fourth-order valence-electron chi connectivity index (χ4n) is 3.60. The van der Waals surface area contributed by atoms with E-state index in [0.29, 0.717) is 18.7 Å². The minimum absolute atomic E-state index is 0.138. The van der Waals surface area contributed by atoms with Gasteiger partial charge in [0.15, 0.2) is 0 Å². The Balaban J connectivity index is 1.53. The Labute approximate surface area is 161 Å². The standard InChI is InChI=1S/C22H18N4O2/c23-21-20-19(12-26(15-10-16(27)11-15)22(20)25-13-24-21)14-6-8-18(9-7-14)28-17-4-2-1-3-5-17/h1-9,12-13,15H,10-11H2,(H2,23,24,25). The van der Waals surface area contributed by atoms with Crippen molar-refractivity contribution in [3.8, 4) is 22.6 Å². The number of aromatic nitrogens is 3. The minimum Gasteiger partial charge on any atom is -0.457 e. The summed E-state index contributed by atoms with van der Waals surface area (Å²) in [7, 11) is 0. The molecule has 2 aromatic heterocycles. The number of Topliss-reactive ketones (excluding diaryl/α,β-unsaturated/α-hetero) is 1. The molecule has 28 heavy (non-hydrogen) atoms. The molecule has 1 saturated carbocycles. The zero-order valence-corrected chi connectivity index (χ0v) is 15.1. The van der Waals surface area contributed by atoms with Crippen LogP contribution in [0.4, 0.5) is 5.82 Å². The van der Waals surface area contributed by atoms with E-state index in [1.807, 2.05) is 60.8 Å². The third-order valence-corrected chi connectivity index (χ3v) is 5.10. The molecule has 2 heterocycles. The minimum atomic E-state index is 0.138.